The smallest absolute Gasteiger partial charge is 0.256 e. The predicted octanol–water partition coefficient (Wildman–Crippen LogP) is 2.84. The third kappa shape index (κ3) is 3.78. The number of carbonyl (C=O) groups excluding carboxylic acids is 2. The normalized spacial score (nSPS) is 16.1. The molecule has 2 heterocycles. The van der Waals surface area contributed by atoms with E-state index in [0.717, 1.165) is 12.8 Å². The minimum Gasteiger partial charge on any atom is -0.454 e. The Labute approximate surface area is 162 Å². The van der Waals surface area contributed by atoms with Gasteiger partial charge in [-0.15, -0.1) is 0 Å². The van der Waals surface area contributed by atoms with Crippen molar-refractivity contribution >= 4 is 11.8 Å². The molecule has 28 heavy (non-hydrogen) atoms. The number of benzene rings is 2. The number of hydrogen-bond donors (Lipinski definition) is 1. The second kappa shape index (κ2) is 7.88. The molecule has 2 amide bonds. The Kier molecular flexibility index (Phi) is 5.14. The number of amides is 2. The van der Waals surface area contributed by atoms with Gasteiger partial charge in [0.1, 0.15) is 5.82 Å². The Hall–Kier alpha value is -3.09. The van der Waals surface area contributed by atoms with E-state index in [1.807, 2.05) is 0 Å². The van der Waals surface area contributed by atoms with Crippen LogP contribution in [0.4, 0.5) is 4.39 Å². The van der Waals surface area contributed by atoms with Crippen molar-refractivity contribution < 1.29 is 23.5 Å². The quantitative estimate of drug-likeness (QED) is 0.880. The molecule has 0 aromatic heterocycles. The lowest BCUT2D eigenvalue weighted by Crippen LogP contribution is -2.41. The maximum absolute atomic E-state index is 13.8. The van der Waals surface area contributed by atoms with E-state index in [1.165, 1.54) is 12.1 Å². The van der Waals surface area contributed by atoms with Crippen LogP contribution in [-0.2, 0) is 0 Å². The zero-order valence-electron chi connectivity index (χ0n) is 15.3. The van der Waals surface area contributed by atoms with Crippen LogP contribution in [0, 0.1) is 11.7 Å². The Morgan fingerprint density at radius 3 is 2.61 bits per heavy atom. The monoisotopic (exact) mass is 384 g/mol. The van der Waals surface area contributed by atoms with E-state index < -0.39 is 5.82 Å². The lowest BCUT2D eigenvalue weighted by atomic mass is 9.96. The molecule has 0 aliphatic carbocycles. The van der Waals surface area contributed by atoms with Crippen LogP contribution in [-0.4, -0.2) is 43.1 Å². The molecule has 1 saturated heterocycles. The lowest BCUT2D eigenvalue weighted by molar-refractivity contribution is 0.0679. The predicted molar refractivity (Wildman–Crippen MR) is 99.9 cm³/mol. The molecule has 1 fully saturated rings. The van der Waals surface area contributed by atoms with Gasteiger partial charge in [-0.1, -0.05) is 12.1 Å². The summed E-state index contributed by atoms with van der Waals surface area (Å²) in [5.41, 5.74) is 0.633. The Morgan fingerprint density at radius 2 is 1.82 bits per heavy atom. The molecule has 0 bridgehead atoms. The standard InChI is InChI=1S/C21H21FN2O4/c22-17-4-2-1-3-16(17)21(26)24-9-7-14(8-10-24)12-23-20(25)15-5-6-18-19(11-15)28-13-27-18/h1-6,11,14H,7-10,12-13H2,(H,23,25). The van der Waals surface area contributed by atoms with E-state index in [1.54, 1.807) is 35.2 Å². The number of ether oxygens (including phenoxy) is 2. The van der Waals surface area contributed by atoms with Crippen molar-refractivity contribution in [3.05, 3.63) is 59.4 Å². The zero-order chi connectivity index (χ0) is 19.5. The minimum atomic E-state index is -0.495. The molecule has 0 radical (unpaired) electrons. The van der Waals surface area contributed by atoms with Crippen LogP contribution in [0.25, 0.3) is 0 Å². The first-order valence-corrected chi connectivity index (χ1v) is 9.33. The summed E-state index contributed by atoms with van der Waals surface area (Å²) in [6.45, 7) is 1.81. The number of nitrogens with zero attached hydrogens (tertiary/aromatic N) is 1. The van der Waals surface area contributed by atoms with Gasteiger partial charge in [0.15, 0.2) is 11.5 Å². The van der Waals surface area contributed by atoms with Crippen LogP contribution < -0.4 is 14.8 Å². The van der Waals surface area contributed by atoms with Gasteiger partial charge in [-0.3, -0.25) is 9.59 Å². The molecule has 0 spiro atoms. The van der Waals surface area contributed by atoms with E-state index >= 15 is 0 Å². The van der Waals surface area contributed by atoms with Gasteiger partial charge in [0.2, 0.25) is 6.79 Å². The topological polar surface area (TPSA) is 67.9 Å². The molecule has 2 aromatic carbocycles. The van der Waals surface area contributed by atoms with E-state index in [2.05, 4.69) is 5.32 Å². The molecule has 4 rings (SSSR count). The van der Waals surface area contributed by atoms with Gasteiger partial charge in [0.25, 0.3) is 11.8 Å². The number of fused-ring (bicyclic) bond motifs is 1. The van der Waals surface area contributed by atoms with Crippen molar-refractivity contribution in [3.8, 4) is 11.5 Å². The van der Waals surface area contributed by atoms with Crippen LogP contribution >= 0.6 is 0 Å². The molecule has 6 nitrogen and oxygen atoms in total. The fraction of sp³-hybridized carbons (Fsp3) is 0.333. The maximum atomic E-state index is 13.8. The summed E-state index contributed by atoms with van der Waals surface area (Å²) < 4.78 is 24.4. The number of nitrogens with one attached hydrogen (secondary N) is 1. The lowest BCUT2D eigenvalue weighted by Gasteiger charge is -2.32. The highest BCUT2D eigenvalue weighted by molar-refractivity contribution is 5.95. The van der Waals surface area contributed by atoms with Crippen molar-refractivity contribution in [1.82, 2.24) is 10.2 Å². The summed E-state index contributed by atoms with van der Waals surface area (Å²) in [4.78, 5) is 26.5. The minimum absolute atomic E-state index is 0.108. The largest absolute Gasteiger partial charge is 0.454 e. The highest BCUT2D eigenvalue weighted by Crippen LogP contribution is 2.32. The summed E-state index contributed by atoms with van der Waals surface area (Å²) in [7, 11) is 0. The van der Waals surface area contributed by atoms with E-state index in [4.69, 9.17) is 9.47 Å². The molecule has 0 saturated carbocycles. The van der Waals surface area contributed by atoms with Gasteiger partial charge in [0, 0.05) is 25.2 Å². The van der Waals surface area contributed by atoms with Crippen molar-refractivity contribution in [1.29, 1.82) is 0 Å². The van der Waals surface area contributed by atoms with Gasteiger partial charge in [-0.05, 0) is 49.1 Å². The fourth-order valence-corrected chi connectivity index (χ4v) is 3.52. The van der Waals surface area contributed by atoms with Gasteiger partial charge < -0.3 is 19.7 Å². The maximum Gasteiger partial charge on any atom is 0.256 e. The molecule has 2 aromatic rings. The van der Waals surface area contributed by atoms with Crippen LogP contribution in [0.3, 0.4) is 0 Å². The number of likely N-dealkylation sites (tertiary alicyclic amines) is 1. The molecular weight excluding hydrogens is 363 g/mol. The SMILES string of the molecule is O=C(NCC1CCN(C(=O)c2ccccc2F)CC1)c1ccc2c(c1)OCO2. The molecular formula is C21H21FN2O4. The van der Waals surface area contributed by atoms with Crippen LogP contribution in [0.15, 0.2) is 42.5 Å². The number of piperidine rings is 1. The summed E-state index contributed by atoms with van der Waals surface area (Å²) in [5.74, 6) is 0.563. The molecule has 0 atom stereocenters. The summed E-state index contributed by atoms with van der Waals surface area (Å²) >= 11 is 0. The number of carbonyl (C=O) groups is 2. The van der Waals surface area contributed by atoms with Gasteiger partial charge >= 0.3 is 0 Å². The Morgan fingerprint density at radius 1 is 1.07 bits per heavy atom. The van der Waals surface area contributed by atoms with Crippen molar-refractivity contribution in [3.63, 3.8) is 0 Å². The molecule has 146 valence electrons. The highest BCUT2D eigenvalue weighted by Gasteiger charge is 2.25. The number of hydrogen-bond acceptors (Lipinski definition) is 4. The second-order valence-electron chi connectivity index (χ2n) is 6.99. The van der Waals surface area contributed by atoms with Gasteiger partial charge in [-0.2, -0.15) is 0 Å². The molecule has 1 N–H and O–H groups in total. The van der Waals surface area contributed by atoms with E-state index in [0.29, 0.717) is 36.7 Å². The Balaban J connectivity index is 1.27. The average Bonchev–Trinajstić information content (AvgIpc) is 3.20. The summed E-state index contributed by atoms with van der Waals surface area (Å²) in [6, 6.07) is 11.1. The number of rotatable bonds is 4. The molecule has 0 unspecified atom stereocenters. The zero-order valence-corrected chi connectivity index (χ0v) is 15.3. The van der Waals surface area contributed by atoms with Crippen LogP contribution in [0.1, 0.15) is 33.6 Å². The third-order valence-corrected chi connectivity index (χ3v) is 5.19. The summed E-state index contributed by atoms with van der Waals surface area (Å²) in [6.07, 6.45) is 1.53. The van der Waals surface area contributed by atoms with Crippen molar-refractivity contribution in [2.24, 2.45) is 5.92 Å². The van der Waals surface area contributed by atoms with Crippen molar-refractivity contribution in [2.75, 3.05) is 26.4 Å². The van der Waals surface area contributed by atoms with E-state index in [-0.39, 0.29) is 30.1 Å². The first-order chi connectivity index (χ1) is 13.6. The van der Waals surface area contributed by atoms with E-state index in [9.17, 15) is 14.0 Å². The molecule has 7 heteroatoms. The molecule has 2 aliphatic heterocycles. The summed E-state index contributed by atoms with van der Waals surface area (Å²) in [5, 5.41) is 2.95. The van der Waals surface area contributed by atoms with Crippen LogP contribution in [0.5, 0.6) is 11.5 Å². The highest BCUT2D eigenvalue weighted by atomic mass is 19.1. The van der Waals surface area contributed by atoms with Gasteiger partial charge in [0.05, 0.1) is 5.56 Å². The average molecular weight is 384 g/mol. The first-order valence-electron chi connectivity index (χ1n) is 9.33. The van der Waals surface area contributed by atoms with Gasteiger partial charge in [-0.25, -0.2) is 4.39 Å². The second-order valence-corrected chi connectivity index (χ2v) is 6.99. The third-order valence-electron chi connectivity index (χ3n) is 5.19. The Bertz CT molecular complexity index is 894. The number of halogens is 1. The van der Waals surface area contributed by atoms with Crippen molar-refractivity contribution in [2.45, 2.75) is 12.8 Å². The fourth-order valence-electron chi connectivity index (χ4n) is 3.52. The molecule has 2 aliphatic rings. The van der Waals surface area contributed by atoms with Crippen LogP contribution in [0.2, 0.25) is 0 Å². The first kappa shape index (κ1) is 18.3.